The van der Waals surface area contributed by atoms with Crippen molar-refractivity contribution in [1.82, 2.24) is 0 Å². The van der Waals surface area contributed by atoms with Gasteiger partial charge < -0.3 is 9.47 Å². The molecule has 1 unspecified atom stereocenters. The van der Waals surface area contributed by atoms with E-state index in [1.807, 2.05) is 6.07 Å². The van der Waals surface area contributed by atoms with Gasteiger partial charge >= 0.3 is 6.61 Å². The van der Waals surface area contributed by atoms with Crippen molar-refractivity contribution in [3.8, 4) is 22.6 Å². The fraction of sp³-hybridized carbons (Fsp3) is 0.158. The number of hydrogen-bond donors (Lipinski definition) is 1. The standard InChI is InChI=1S/C19H13BrF3NO4S2/c20-16-4-3-15(29-16)18-12-5-9(8-30(24,25)26)1-2-11(12)17-13(27-18)6-10(21)7-14(17)28-19(22)23/h1-7,18-19H,8H2,(H2,24,25,26). The van der Waals surface area contributed by atoms with Gasteiger partial charge in [0.15, 0.2) is 6.10 Å². The number of alkyl halides is 2. The first-order valence-corrected chi connectivity index (χ1v) is 11.8. The predicted octanol–water partition coefficient (Wildman–Crippen LogP) is 5.19. The second-order valence-electron chi connectivity index (χ2n) is 6.52. The summed E-state index contributed by atoms with van der Waals surface area (Å²) in [6.07, 6.45) is -0.703. The Morgan fingerprint density at radius 1 is 1.20 bits per heavy atom. The van der Waals surface area contributed by atoms with Gasteiger partial charge in [-0.05, 0) is 39.2 Å². The molecule has 2 heterocycles. The summed E-state index contributed by atoms with van der Waals surface area (Å²) in [4.78, 5) is 0.752. The van der Waals surface area contributed by atoms with Gasteiger partial charge in [0.05, 0.1) is 20.0 Å². The molecule has 0 bridgehead atoms. The van der Waals surface area contributed by atoms with Crippen molar-refractivity contribution in [2.75, 3.05) is 0 Å². The van der Waals surface area contributed by atoms with Gasteiger partial charge in [-0.3, -0.25) is 0 Å². The third kappa shape index (κ3) is 4.34. The molecule has 4 rings (SSSR count). The largest absolute Gasteiger partial charge is 0.479 e. The molecule has 30 heavy (non-hydrogen) atoms. The van der Waals surface area contributed by atoms with Crippen LogP contribution in [-0.4, -0.2) is 15.0 Å². The molecule has 0 saturated carbocycles. The van der Waals surface area contributed by atoms with Gasteiger partial charge in [0.25, 0.3) is 0 Å². The van der Waals surface area contributed by atoms with E-state index in [1.165, 1.54) is 17.4 Å². The van der Waals surface area contributed by atoms with Gasteiger partial charge in [-0.15, -0.1) is 11.3 Å². The maximum Gasteiger partial charge on any atom is 0.387 e. The second-order valence-corrected chi connectivity index (χ2v) is 10.6. The average molecular weight is 520 g/mol. The number of primary sulfonamides is 1. The number of thiophene rings is 1. The topological polar surface area (TPSA) is 78.6 Å². The van der Waals surface area contributed by atoms with Crippen LogP contribution in [-0.2, 0) is 15.8 Å². The maximum atomic E-state index is 14.1. The van der Waals surface area contributed by atoms with Crippen LogP contribution in [0, 0.1) is 5.82 Å². The molecule has 0 fully saturated rings. The summed E-state index contributed by atoms with van der Waals surface area (Å²) < 4.78 is 74.3. The van der Waals surface area contributed by atoms with E-state index in [2.05, 4.69) is 20.7 Å². The summed E-state index contributed by atoms with van der Waals surface area (Å²) in [7, 11) is -3.79. The Morgan fingerprint density at radius 2 is 1.97 bits per heavy atom. The highest BCUT2D eigenvalue weighted by molar-refractivity contribution is 9.11. The molecule has 0 aliphatic carbocycles. The molecular weight excluding hydrogens is 507 g/mol. The van der Waals surface area contributed by atoms with E-state index in [1.54, 1.807) is 18.2 Å². The lowest BCUT2D eigenvalue weighted by atomic mass is 9.90. The molecule has 2 aromatic carbocycles. The third-order valence-electron chi connectivity index (χ3n) is 4.38. The Morgan fingerprint density at radius 3 is 2.60 bits per heavy atom. The number of benzene rings is 2. The highest BCUT2D eigenvalue weighted by Gasteiger charge is 2.32. The van der Waals surface area contributed by atoms with Crippen LogP contribution >= 0.6 is 27.3 Å². The molecule has 11 heteroatoms. The molecule has 1 aliphatic rings. The van der Waals surface area contributed by atoms with E-state index in [9.17, 15) is 21.6 Å². The Kier molecular flexibility index (Phi) is 5.56. The number of ether oxygens (including phenoxy) is 2. The van der Waals surface area contributed by atoms with Crippen molar-refractivity contribution >= 4 is 37.3 Å². The molecule has 5 nitrogen and oxygen atoms in total. The first-order valence-electron chi connectivity index (χ1n) is 8.44. The molecule has 0 amide bonds. The zero-order valence-corrected chi connectivity index (χ0v) is 18.2. The van der Waals surface area contributed by atoms with Gasteiger partial charge in [0.1, 0.15) is 17.3 Å². The van der Waals surface area contributed by atoms with Gasteiger partial charge in [-0.1, -0.05) is 18.2 Å². The SMILES string of the molecule is NS(=O)(=O)Cc1ccc2c(c1)C(c1ccc(Br)s1)Oc1cc(F)cc(OC(F)F)c1-2. The molecule has 1 atom stereocenters. The zero-order valence-electron chi connectivity index (χ0n) is 14.9. The first kappa shape index (κ1) is 21.2. The summed E-state index contributed by atoms with van der Waals surface area (Å²) in [6.45, 7) is -3.16. The second kappa shape index (κ2) is 7.88. The van der Waals surface area contributed by atoms with E-state index in [0.717, 1.165) is 20.8 Å². The van der Waals surface area contributed by atoms with Crippen LogP contribution in [0.2, 0.25) is 0 Å². The van der Waals surface area contributed by atoms with E-state index in [0.29, 0.717) is 16.7 Å². The molecule has 3 aromatic rings. The molecular formula is C19H13BrF3NO4S2. The number of fused-ring (bicyclic) bond motifs is 3. The smallest absolute Gasteiger partial charge is 0.387 e. The predicted molar refractivity (Wildman–Crippen MR) is 110 cm³/mol. The summed E-state index contributed by atoms with van der Waals surface area (Å²) in [5.74, 6) is -1.51. The van der Waals surface area contributed by atoms with Crippen molar-refractivity contribution < 1.29 is 31.1 Å². The third-order valence-corrected chi connectivity index (χ3v) is 6.78. The zero-order chi connectivity index (χ0) is 21.6. The molecule has 0 spiro atoms. The lowest BCUT2D eigenvalue weighted by Gasteiger charge is -2.30. The molecule has 1 aliphatic heterocycles. The number of hydrogen-bond acceptors (Lipinski definition) is 5. The van der Waals surface area contributed by atoms with Crippen molar-refractivity contribution in [2.24, 2.45) is 5.14 Å². The minimum absolute atomic E-state index is 0.0480. The van der Waals surface area contributed by atoms with Crippen LogP contribution in [0.15, 0.2) is 46.3 Å². The molecule has 158 valence electrons. The maximum absolute atomic E-state index is 14.1. The summed E-state index contributed by atoms with van der Waals surface area (Å²) >= 11 is 4.75. The summed E-state index contributed by atoms with van der Waals surface area (Å²) in [5.41, 5.74) is 1.58. The Bertz CT molecular complexity index is 1230. The lowest BCUT2D eigenvalue weighted by Crippen LogP contribution is -2.18. The molecule has 1 aromatic heterocycles. The molecule has 0 saturated heterocycles. The fourth-order valence-electron chi connectivity index (χ4n) is 3.36. The molecule has 2 N–H and O–H groups in total. The highest BCUT2D eigenvalue weighted by Crippen LogP contribution is 2.51. The quantitative estimate of drug-likeness (QED) is 0.503. The Hall–Kier alpha value is -2.08. The Labute approximate surface area is 182 Å². The summed E-state index contributed by atoms with van der Waals surface area (Å²) in [6, 6.07) is 10.3. The van der Waals surface area contributed by atoms with Gasteiger partial charge in [0, 0.05) is 17.7 Å². The van der Waals surface area contributed by atoms with E-state index in [4.69, 9.17) is 9.88 Å². The number of nitrogens with two attached hydrogens (primary N) is 1. The van der Waals surface area contributed by atoms with E-state index in [-0.39, 0.29) is 17.1 Å². The van der Waals surface area contributed by atoms with Crippen LogP contribution in [0.4, 0.5) is 13.2 Å². The fourth-order valence-corrected chi connectivity index (χ4v) is 5.47. The Balaban J connectivity index is 1.93. The molecule has 0 radical (unpaired) electrons. The van der Waals surface area contributed by atoms with E-state index < -0.39 is 34.3 Å². The number of halogens is 4. The minimum Gasteiger partial charge on any atom is -0.479 e. The van der Waals surface area contributed by atoms with Gasteiger partial charge in [0.2, 0.25) is 10.0 Å². The van der Waals surface area contributed by atoms with Crippen molar-refractivity contribution in [2.45, 2.75) is 18.5 Å². The average Bonchev–Trinajstić information content (AvgIpc) is 3.04. The highest BCUT2D eigenvalue weighted by atomic mass is 79.9. The van der Waals surface area contributed by atoms with Gasteiger partial charge in [-0.2, -0.15) is 8.78 Å². The van der Waals surface area contributed by atoms with Crippen LogP contribution in [0.3, 0.4) is 0 Å². The van der Waals surface area contributed by atoms with Gasteiger partial charge in [-0.25, -0.2) is 17.9 Å². The monoisotopic (exact) mass is 519 g/mol. The van der Waals surface area contributed by atoms with Crippen LogP contribution in [0.5, 0.6) is 11.5 Å². The number of sulfonamides is 1. The first-order chi connectivity index (χ1) is 14.1. The lowest BCUT2D eigenvalue weighted by molar-refractivity contribution is -0.0497. The van der Waals surface area contributed by atoms with Crippen LogP contribution in [0.25, 0.3) is 11.1 Å². The van der Waals surface area contributed by atoms with Crippen LogP contribution in [0.1, 0.15) is 22.1 Å². The van der Waals surface area contributed by atoms with Crippen molar-refractivity contribution in [1.29, 1.82) is 0 Å². The minimum atomic E-state index is -3.79. The van der Waals surface area contributed by atoms with Crippen molar-refractivity contribution in [3.05, 3.63) is 68.1 Å². The van der Waals surface area contributed by atoms with E-state index >= 15 is 0 Å². The normalized spacial score (nSPS) is 15.5. The van der Waals surface area contributed by atoms with Crippen LogP contribution < -0.4 is 14.6 Å². The number of rotatable bonds is 5. The van der Waals surface area contributed by atoms with Crippen molar-refractivity contribution in [3.63, 3.8) is 0 Å². The summed E-state index contributed by atoms with van der Waals surface area (Å²) in [5, 5.41) is 5.16.